The number of halogens is 7. The number of benzene rings is 1. The van der Waals surface area contributed by atoms with E-state index < -0.39 is 63.3 Å². The summed E-state index contributed by atoms with van der Waals surface area (Å²) in [4.78, 5) is 49.1. The molecule has 3 aromatic rings. The van der Waals surface area contributed by atoms with Crippen LogP contribution in [-0.2, 0) is 34.9 Å². The lowest BCUT2D eigenvalue weighted by atomic mass is 9.73. The molecule has 6 rings (SSSR count). The van der Waals surface area contributed by atoms with E-state index in [2.05, 4.69) is 9.88 Å². The Bertz CT molecular complexity index is 1930. The smallest absolute Gasteiger partial charge is 0.425 e. The fourth-order valence-electron chi connectivity index (χ4n) is 8.33. The molecule has 9 nitrogen and oxygen atoms in total. The number of amides is 2. The quantitative estimate of drug-likeness (QED) is 0.205. The summed E-state index contributed by atoms with van der Waals surface area (Å²) in [6.07, 6.45) is -6.40. The zero-order chi connectivity index (χ0) is 40.6. The van der Waals surface area contributed by atoms with Gasteiger partial charge in [-0.1, -0.05) is 17.7 Å². The summed E-state index contributed by atoms with van der Waals surface area (Å²) in [6, 6.07) is 6.69. The van der Waals surface area contributed by atoms with Crippen LogP contribution in [0.3, 0.4) is 0 Å². The summed E-state index contributed by atoms with van der Waals surface area (Å²) in [5.41, 5.74) is -3.27. The Morgan fingerprint density at radius 1 is 1.00 bits per heavy atom. The number of carboxylic acid groups (broad SMARTS) is 1. The van der Waals surface area contributed by atoms with Crippen molar-refractivity contribution >= 4 is 40.7 Å². The van der Waals surface area contributed by atoms with Crippen LogP contribution in [0.25, 0.3) is 0 Å². The van der Waals surface area contributed by atoms with Gasteiger partial charge in [0.05, 0.1) is 17.0 Å². The van der Waals surface area contributed by atoms with Gasteiger partial charge in [-0.3, -0.25) is 19.4 Å². The van der Waals surface area contributed by atoms with Crippen LogP contribution in [0.2, 0.25) is 5.02 Å². The highest BCUT2D eigenvalue weighted by atomic mass is 35.5. The molecule has 0 unspecified atom stereocenters. The molecule has 2 fully saturated rings. The van der Waals surface area contributed by atoms with Crippen LogP contribution < -0.4 is 4.74 Å². The molecule has 2 atom stereocenters. The van der Waals surface area contributed by atoms with Gasteiger partial charge in [-0.05, 0) is 113 Å². The summed E-state index contributed by atoms with van der Waals surface area (Å²) in [5.74, 6) is -2.83. The second-order valence-electron chi connectivity index (χ2n) is 15.3. The molecule has 1 N–H and O–H groups in total. The number of hydrogen-bond donors (Lipinski definition) is 1. The maximum atomic E-state index is 15.1. The van der Waals surface area contributed by atoms with E-state index in [0.717, 1.165) is 40.9 Å². The Balaban J connectivity index is 1.37. The lowest BCUT2D eigenvalue weighted by molar-refractivity contribution is -0.160. The monoisotopic (exact) mass is 828 g/mol. The van der Waals surface area contributed by atoms with Gasteiger partial charge >= 0.3 is 18.3 Å². The zero-order valence-electron chi connectivity index (χ0n) is 30.9. The highest BCUT2D eigenvalue weighted by molar-refractivity contribution is 7.10. The number of nitrogens with zero attached hydrogens (tertiary/aromatic N) is 4. The summed E-state index contributed by atoms with van der Waals surface area (Å²) >= 11 is 6.61. The van der Waals surface area contributed by atoms with Gasteiger partial charge in [0.2, 0.25) is 5.60 Å². The Morgan fingerprint density at radius 3 is 2.39 bits per heavy atom. The second-order valence-corrected chi connectivity index (χ2v) is 16.7. The zero-order valence-corrected chi connectivity index (χ0v) is 32.5. The minimum atomic E-state index is -4.93. The fourth-order valence-corrected chi connectivity index (χ4v) is 9.20. The number of fused-ring (bicyclic) bond motifs is 1. The molecule has 17 heteroatoms. The maximum Gasteiger partial charge on any atom is 0.425 e. The number of alkyl halides is 6. The predicted molar refractivity (Wildman–Crippen MR) is 196 cm³/mol. The van der Waals surface area contributed by atoms with Crippen molar-refractivity contribution in [3.8, 4) is 5.75 Å². The third-order valence-electron chi connectivity index (χ3n) is 11.5. The average Bonchev–Trinajstić information content (AvgIpc) is 3.63. The van der Waals surface area contributed by atoms with E-state index in [1.807, 2.05) is 0 Å². The highest BCUT2D eigenvalue weighted by Crippen LogP contribution is 2.43. The van der Waals surface area contributed by atoms with Crippen LogP contribution in [0, 0.1) is 11.3 Å². The van der Waals surface area contributed by atoms with Crippen molar-refractivity contribution < 1.29 is 50.6 Å². The molecular weight excluding hydrogens is 786 g/mol. The van der Waals surface area contributed by atoms with Gasteiger partial charge in [0.25, 0.3) is 11.8 Å². The third kappa shape index (κ3) is 8.66. The van der Waals surface area contributed by atoms with Crippen LogP contribution in [-0.4, -0.2) is 86.9 Å². The number of ether oxygens (including phenoxy) is 1. The summed E-state index contributed by atoms with van der Waals surface area (Å²) < 4.78 is 90.7. The standard InChI is InChI=1S/C39H43ClF6N4O5S/c1-36(2,35(53)54)26-11-17-48(18-12-26)15-4-7-30-37(55-28-21-31(56-23-28)39(44,45)46,34(52)49-19-10-24-20-27(40)9-8-25(24)22-49)13-5-16-50(30)33(51)32-29(38(41,42)43)6-3-14-47-32/h3,6,8-9,14,20-21,23,26,30H,4-5,7,10-13,15-19,22H2,1-2H3,(H,53,54)/t30-,37+/m1/s1. The summed E-state index contributed by atoms with van der Waals surface area (Å²) in [7, 11) is 0. The molecule has 2 aromatic heterocycles. The van der Waals surface area contributed by atoms with Gasteiger partial charge in [-0.25, -0.2) is 0 Å². The molecule has 304 valence electrons. The number of thiophene rings is 1. The Morgan fingerprint density at radius 2 is 1.73 bits per heavy atom. The first-order valence-corrected chi connectivity index (χ1v) is 19.8. The average molecular weight is 829 g/mol. The lowest BCUT2D eigenvalue weighted by Gasteiger charge is -2.50. The Hall–Kier alpha value is -3.89. The predicted octanol–water partition coefficient (Wildman–Crippen LogP) is 8.44. The Kier molecular flexibility index (Phi) is 12.0. The van der Waals surface area contributed by atoms with Crippen LogP contribution in [0.1, 0.15) is 84.4 Å². The van der Waals surface area contributed by atoms with E-state index in [4.69, 9.17) is 16.3 Å². The van der Waals surface area contributed by atoms with E-state index in [1.54, 1.807) is 32.0 Å². The lowest BCUT2D eigenvalue weighted by Crippen LogP contribution is -2.68. The molecule has 0 saturated carbocycles. The van der Waals surface area contributed by atoms with Crippen LogP contribution in [0.15, 0.2) is 48.0 Å². The number of piperidine rings is 2. The molecule has 0 bridgehead atoms. The number of rotatable bonds is 10. The fraction of sp³-hybridized carbons (Fsp3) is 0.538. The maximum absolute atomic E-state index is 15.1. The third-order valence-corrected chi connectivity index (χ3v) is 12.7. The SMILES string of the molecule is CC(C)(C(=O)O)C1CCN(CCC[C@H]2N(C(=O)c3ncccc3C(F)(F)F)CCC[C@@]2(Oc2csc(C(F)(F)F)c2)C(=O)N2CCc3cc(Cl)ccc3C2)CC1. The molecule has 1 aromatic carbocycles. The number of carbonyl (C=O) groups is 3. The first-order valence-electron chi connectivity index (χ1n) is 18.5. The molecule has 3 aliphatic rings. The van der Waals surface area contributed by atoms with Crippen molar-refractivity contribution in [3.63, 3.8) is 0 Å². The van der Waals surface area contributed by atoms with Crippen LogP contribution in [0.4, 0.5) is 26.3 Å². The molecule has 2 amide bonds. The molecule has 0 radical (unpaired) electrons. The van der Waals surface area contributed by atoms with Crippen molar-refractivity contribution in [1.82, 2.24) is 19.7 Å². The molecular formula is C39H43ClF6N4O5S. The van der Waals surface area contributed by atoms with Crippen LogP contribution >= 0.6 is 22.9 Å². The van der Waals surface area contributed by atoms with E-state index in [1.165, 1.54) is 9.80 Å². The number of carboxylic acids is 1. The van der Waals surface area contributed by atoms with E-state index in [0.29, 0.717) is 61.7 Å². The molecule has 2 saturated heterocycles. The summed E-state index contributed by atoms with van der Waals surface area (Å²) in [5, 5.41) is 11.4. The van der Waals surface area contributed by atoms with Gasteiger partial charge in [-0.2, -0.15) is 26.3 Å². The van der Waals surface area contributed by atoms with E-state index >= 15 is 4.79 Å². The Labute approximate surface area is 329 Å². The van der Waals surface area contributed by atoms with Crippen molar-refractivity contribution in [2.24, 2.45) is 11.3 Å². The molecule has 5 heterocycles. The number of hydrogen-bond acceptors (Lipinski definition) is 7. The van der Waals surface area contributed by atoms with E-state index in [9.17, 15) is 41.0 Å². The van der Waals surface area contributed by atoms with Gasteiger partial charge in [0.15, 0.2) is 0 Å². The van der Waals surface area contributed by atoms with Gasteiger partial charge < -0.3 is 24.5 Å². The minimum absolute atomic E-state index is 0.0224. The molecule has 0 aliphatic carbocycles. The van der Waals surface area contributed by atoms with Gasteiger partial charge in [-0.15, -0.1) is 11.3 Å². The topological polar surface area (TPSA) is 103 Å². The van der Waals surface area contributed by atoms with Crippen LogP contribution in [0.5, 0.6) is 5.75 Å². The van der Waals surface area contributed by atoms with E-state index in [-0.39, 0.29) is 50.6 Å². The minimum Gasteiger partial charge on any atom is -0.481 e. The number of likely N-dealkylation sites (tertiary alicyclic amines) is 2. The number of aliphatic carboxylic acids is 1. The number of aromatic nitrogens is 1. The number of pyridine rings is 1. The molecule has 56 heavy (non-hydrogen) atoms. The number of carbonyl (C=O) groups excluding carboxylic acids is 2. The van der Waals surface area contributed by atoms with Crippen molar-refractivity contribution in [2.75, 3.05) is 32.7 Å². The van der Waals surface area contributed by atoms with Gasteiger partial charge in [0.1, 0.15) is 16.3 Å². The van der Waals surface area contributed by atoms with Crippen molar-refractivity contribution in [3.05, 3.63) is 80.3 Å². The largest absolute Gasteiger partial charge is 0.481 e. The molecule has 0 spiro atoms. The first-order chi connectivity index (χ1) is 26.3. The normalized spacial score (nSPS) is 21.5. The summed E-state index contributed by atoms with van der Waals surface area (Å²) in [6.45, 7) is 5.31. The van der Waals surface area contributed by atoms with Crippen molar-refractivity contribution in [1.29, 1.82) is 0 Å². The van der Waals surface area contributed by atoms with Crippen molar-refractivity contribution in [2.45, 2.75) is 89.3 Å². The van der Waals surface area contributed by atoms with Gasteiger partial charge in [0, 0.05) is 48.7 Å². The second kappa shape index (κ2) is 16.2. The molecule has 3 aliphatic heterocycles. The highest BCUT2D eigenvalue weighted by Gasteiger charge is 2.56. The first kappa shape index (κ1) is 41.7.